The van der Waals surface area contributed by atoms with Crippen LogP contribution in [0.5, 0.6) is 0 Å². The maximum atomic E-state index is 5.40. The molecule has 1 N–H and O–H groups in total. The molecule has 0 unspecified atom stereocenters. The van der Waals surface area contributed by atoms with Crippen LogP contribution in [-0.2, 0) is 4.74 Å². The molecule has 100 valence electrons. The number of hydrogen-bond donors (Lipinski definition) is 1. The minimum Gasteiger partial charge on any atom is -0.381 e. The topological polar surface area (TPSA) is 24.5 Å². The van der Waals surface area contributed by atoms with Gasteiger partial charge in [0, 0.05) is 39.3 Å². The molecule has 1 heterocycles. The average molecular weight is 240 g/mol. The summed E-state index contributed by atoms with van der Waals surface area (Å²) < 4.78 is 5.40. The maximum Gasteiger partial charge on any atom is 0.0595 e. The molecule has 2 aliphatic rings. The number of piperidine rings is 1. The van der Waals surface area contributed by atoms with Crippen molar-refractivity contribution < 1.29 is 4.74 Å². The second-order valence-corrected chi connectivity index (χ2v) is 5.57. The van der Waals surface area contributed by atoms with Crippen LogP contribution in [0.2, 0.25) is 0 Å². The van der Waals surface area contributed by atoms with Gasteiger partial charge in [-0.2, -0.15) is 0 Å². The molecule has 3 nitrogen and oxygen atoms in total. The standard InChI is InChI=1S/C14H28N2O/c1-17-14-7-10-16(11-8-14)12-9-15-13-5-3-2-4-6-13/h13-15H,2-12H2,1H3. The predicted molar refractivity (Wildman–Crippen MR) is 71.3 cm³/mol. The van der Waals surface area contributed by atoms with Crippen LogP contribution >= 0.6 is 0 Å². The number of rotatable bonds is 5. The van der Waals surface area contributed by atoms with Gasteiger partial charge in [0.2, 0.25) is 0 Å². The van der Waals surface area contributed by atoms with E-state index in [0.717, 1.165) is 6.04 Å². The monoisotopic (exact) mass is 240 g/mol. The molecular weight excluding hydrogens is 212 g/mol. The van der Waals surface area contributed by atoms with E-state index in [0.29, 0.717) is 6.10 Å². The van der Waals surface area contributed by atoms with E-state index in [1.54, 1.807) is 0 Å². The third-order valence-corrected chi connectivity index (χ3v) is 4.33. The Morgan fingerprint density at radius 1 is 1.06 bits per heavy atom. The fourth-order valence-electron chi connectivity index (χ4n) is 3.10. The van der Waals surface area contributed by atoms with Gasteiger partial charge in [0.05, 0.1) is 6.10 Å². The fraction of sp³-hybridized carbons (Fsp3) is 1.00. The quantitative estimate of drug-likeness (QED) is 0.795. The highest BCUT2D eigenvalue weighted by Gasteiger charge is 2.18. The molecule has 17 heavy (non-hydrogen) atoms. The van der Waals surface area contributed by atoms with Crippen molar-refractivity contribution in [3.05, 3.63) is 0 Å². The second-order valence-electron chi connectivity index (χ2n) is 5.57. The molecular formula is C14H28N2O. The Labute approximate surface area is 106 Å². The zero-order valence-corrected chi connectivity index (χ0v) is 11.3. The zero-order chi connectivity index (χ0) is 11.9. The second kappa shape index (κ2) is 7.34. The summed E-state index contributed by atoms with van der Waals surface area (Å²) in [6.07, 6.45) is 10.0. The Balaban J connectivity index is 1.53. The number of methoxy groups -OCH3 is 1. The van der Waals surface area contributed by atoms with Gasteiger partial charge >= 0.3 is 0 Å². The molecule has 0 aromatic rings. The SMILES string of the molecule is COC1CCN(CCNC2CCCCC2)CC1. The van der Waals surface area contributed by atoms with Crippen LogP contribution in [0.3, 0.4) is 0 Å². The number of hydrogen-bond acceptors (Lipinski definition) is 3. The summed E-state index contributed by atoms with van der Waals surface area (Å²) in [5.74, 6) is 0. The molecule has 0 atom stereocenters. The van der Waals surface area contributed by atoms with E-state index in [1.807, 2.05) is 7.11 Å². The molecule has 1 saturated heterocycles. The van der Waals surface area contributed by atoms with Crippen LogP contribution < -0.4 is 5.32 Å². The van der Waals surface area contributed by atoms with E-state index < -0.39 is 0 Å². The van der Waals surface area contributed by atoms with Gasteiger partial charge in [-0.15, -0.1) is 0 Å². The molecule has 0 radical (unpaired) electrons. The van der Waals surface area contributed by atoms with Gasteiger partial charge in [0.15, 0.2) is 0 Å². The molecule has 1 aliphatic heterocycles. The normalized spacial score (nSPS) is 25.2. The molecule has 0 aromatic carbocycles. The van der Waals surface area contributed by atoms with Gasteiger partial charge in [0.25, 0.3) is 0 Å². The molecule has 1 saturated carbocycles. The summed E-state index contributed by atoms with van der Waals surface area (Å²) in [5, 5.41) is 3.72. The van der Waals surface area contributed by atoms with E-state index in [2.05, 4.69) is 10.2 Å². The van der Waals surface area contributed by atoms with Crippen molar-refractivity contribution >= 4 is 0 Å². The average Bonchev–Trinajstić information content (AvgIpc) is 2.41. The van der Waals surface area contributed by atoms with Crippen LogP contribution in [0.25, 0.3) is 0 Å². The number of nitrogens with zero attached hydrogens (tertiary/aromatic N) is 1. The highest BCUT2D eigenvalue weighted by Crippen LogP contribution is 2.17. The highest BCUT2D eigenvalue weighted by atomic mass is 16.5. The first-order chi connectivity index (χ1) is 8.38. The Kier molecular flexibility index (Phi) is 5.75. The van der Waals surface area contributed by atoms with Crippen molar-refractivity contribution in [2.75, 3.05) is 33.3 Å². The van der Waals surface area contributed by atoms with Gasteiger partial charge in [-0.05, 0) is 25.7 Å². The number of nitrogens with one attached hydrogen (secondary N) is 1. The lowest BCUT2D eigenvalue weighted by Crippen LogP contribution is -2.42. The largest absolute Gasteiger partial charge is 0.381 e. The van der Waals surface area contributed by atoms with Crippen LogP contribution in [0.1, 0.15) is 44.9 Å². The van der Waals surface area contributed by atoms with Crippen molar-refractivity contribution in [2.45, 2.75) is 57.1 Å². The maximum absolute atomic E-state index is 5.40. The predicted octanol–water partition coefficient (Wildman–Crippen LogP) is 2.02. The number of ether oxygens (including phenoxy) is 1. The molecule has 3 heteroatoms. The van der Waals surface area contributed by atoms with E-state index in [9.17, 15) is 0 Å². The molecule has 0 aromatic heterocycles. The lowest BCUT2D eigenvalue weighted by molar-refractivity contribution is 0.0412. The zero-order valence-electron chi connectivity index (χ0n) is 11.3. The Hall–Kier alpha value is -0.120. The summed E-state index contributed by atoms with van der Waals surface area (Å²) in [7, 11) is 1.84. The fourth-order valence-corrected chi connectivity index (χ4v) is 3.10. The molecule has 2 rings (SSSR count). The molecule has 0 bridgehead atoms. The van der Waals surface area contributed by atoms with Gasteiger partial charge < -0.3 is 15.0 Å². The van der Waals surface area contributed by atoms with E-state index >= 15 is 0 Å². The lowest BCUT2D eigenvalue weighted by Gasteiger charge is -2.32. The Morgan fingerprint density at radius 3 is 2.41 bits per heavy atom. The van der Waals surface area contributed by atoms with E-state index in [-0.39, 0.29) is 0 Å². The van der Waals surface area contributed by atoms with Crippen LogP contribution in [-0.4, -0.2) is 50.3 Å². The summed E-state index contributed by atoms with van der Waals surface area (Å²) >= 11 is 0. The Morgan fingerprint density at radius 2 is 1.76 bits per heavy atom. The minimum atomic E-state index is 0.512. The van der Waals surface area contributed by atoms with Crippen LogP contribution in [0.15, 0.2) is 0 Å². The van der Waals surface area contributed by atoms with E-state index in [1.165, 1.54) is 71.1 Å². The van der Waals surface area contributed by atoms with Gasteiger partial charge in [-0.25, -0.2) is 0 Å². The van der Waals surface area contributed by atoms with E-state index in [4.69, 9.17) is 4.74 Å². The summed E-state index contributed by atoms with van der Waals surface area (Å²) in [4.78, 5) is 2.57. The van der Waals surface area contributed by atoms with Gasteiger partial charge in [-0.1, -0.05) is 19.3 Å². The summed E-state index contributed by atoms with van der Waals surface area (Å²) in [6.45, 7) is 4.81. The van der Waals surface area contributed by atoms with Crippen molar-refractivity contribution in [3.63, 3.8) is 0 Å². The smallest absolute Gasteiger partial charge is 0.0595 e. The minimum absolute atomic E-state index is 0.512. The van der Waals surface area contributed by atoms with Crippen molar-refractivity contribution in [1.29, 1.82) is 0 Å². The van der Waals surface area contributed by atoms with Crippen LogP contribution in [0, 0.1) is 0 Å². The Bertz CT molecular complexity index is 196. The number of likely N-dealkylation sites (tertiary alicyclic amines) is 1. The molecule has 2 fully saturated rings. The molecule has 0 spiro atoms. The van der Waals surface area contributed by atoms with Gasteiger partial charge in [-0.3, -0.25) is 0 Å². The first-order valence-electron chi connectivity index (χ1n) is 7.37. The first-order valence-corrected chi connectivity index (χ1v) is 7.37. The van der Waals surface area contributed by atoms with Crippen molar-refractivity contribution in [1.82, 2.24) is 10.2 Å². The third-order valence-electron chi connectivity index (χ3n) is 4.33. The lowest BCUT2D eigenvalue weighted by atomic mass is 9.95. The van der Waals surface area contributed by atoms with Crippen molar-refractivity contribution in [2.24, 2.45) is 0 Å². The van der Waals surface area contributed by atoms with Crippen molar-refractivity contribution in [3.8, 4) is 0 Å². The third kappa shape index (κ3) is 4.57. The first kappa shape index (κ1) is 13.3. The molecule has 0 amide bonds. The molecule has 1 aliphatic carbocycles. The van der Waals surface area contributed by atoms with Crippen LogP contribution in [0.4, 0.5) is 0 Å². The summed E-state index contributed by atoms with van der Waals surface area (Å²) in [6, 6.07) is 0.806. The van der Waals surface area contributed by atoms with Gasteiger partial charge in [0.1, 0.15) is 0 Å². The highest BCUT2D eigenvalue weighted by molar-refractivity contribution is 4.75. The summed E-state index contributed by atoms with van der Waals surface area (Å²) in [5.41, 5.74) is 0.